The van der Waals surface area contributed by atoms with Crippen LogP contribution in [0.1, 0.15) is 44.5 Å². The van der Waals surface area contributed by atoms with Crippen molar-refractivity contribution in [3.05, 3.63) is 275 Å². The summed E-state index contributed by atoms with van der Waals surface area (Å²) in [5, 5.41) is 3.39. The average molecular weight is 863 g/mol. The summed E-state index contributed by atoms with van der Waals surface area (Å²) in [4.78, 5) is 10.7. The molecule has 0 radical (unpaired) electrons. The Balaban J connectivity index is 0.976. The molecule has 3 aliphatic rings. The first-order valence-corrected chi connectivity index (χ1v) is 23.6. The lowest BCUT2D eigenvalue weighted by molar-refractivity contribution is 0.633. The summed E-state index contributed by atoms with van der Waals surface area (Å²) >= 11 is 0. The smallest absolute Gasteiger partial charge is 0.221 e. The molecule has 68 heavy (non-hydrogen) atoms. The molecule has 0 saturated heterocycles. The quantitative estimate of drug-likeness (QED) is 0.174. The Bertz CT molecular complexity index is 4260. The highest BCUT2D eigenvalue weighted by Crippen LogP contribution is 2.67. The molecule has 3 heterocycles. The molecule has 0 unspecified atom stereocenters. The van der Waals surface area contributed by atoms with Crippen LogP contribution in [0.15, 0.2) is 231 Å². The first kappa shape index (κ1) is 36.4. The minimum Gasteiger partial charge on any atom is -0.279 e. The zero-order valence-electron chi connectivity index (χ0n) is 36.7. The molecule has 0 aliphatic heterocycles. The number of imidazole rings is 1. The average Bonchev–Trinajstić information content (AvgIpc) is 4.13. The van der Waals surface area contributed by atoms with Crippen molar-refractivity contribution in [2.75, 3.05) is 0 Å². The van der Waals surface area contributed by atoms with Crippen molar-refractivity contribution in [3.63, 3.8) is 0 Å². The van der Waals surface area contributed by atoms with Gasteiger partial charge in [-0.05, 0) is 120 Å². The lowest BCUT2D eigenvalue weighted by atomic mass is 9.52. The van der Waals surface area contributed by atoms with Gasteiger partial charge in [-0.1, -0.05) is 188 Å². The standard InChI is InChI=1S/C64H38N4/c1-6-22-48-41(17-1)42-18-2-7-23-49(42)63(48)51-25-9-11-27-53(51)64(54-28-12-10-26-52(54)63)50-24-8-3-19-43(50)44-35-33-39(37-55(44)64)40-34-36-46-45-20-5-15-31-58(45)67(60(46)38-40)62-66-56-29-13-4-21-47(56)61-65-57-30-14-16-32-59(57)68(61)62/h1-38H. The van der Waals surface area contributed by atoms with Crippen LogP contribution in [0.4, 0.5) is 0 Å². The van der Waals surface area contributed by atoms with Crippen molar-refractivity contribution in [1.29, 1.82) is 0 Å². The van der Waals surface area contributed by atoms with Gasteiger partial charge in [-0.15, -0.1) is 0 Å². The molecule has 4 heteroatoms. The zero-order chi connectivity index (χ0) is 44.3. The molecule has 3 aromatic heterocycles. The highest BCUT2D eigenvalue weighted by atomic mass is 15.2. The fourth-order valence-corrected chi connectivity index (χ4v) is 13.3. The molecule has 0 bridgehead atoms. The van der Waals surface area contributed by atoms with Crippen LogP contribution in [0.2, 0.25) is 0 Å². The summed E-state index contributed by atoms with van der Waals surface area (Å²) in [5.74, 6) is 0.818. The van der Waals surface area contributed by atoms with E-state index in [2.05, 4.69) is 239 Å². The van der Waals surface area contributed by atoms with Crippen molar-refractivity contribution in [1.82, 2.24) is 18.9 Å². The maximum atomic E-state index is 5.49. The molecule has 0 amide bonds. The van der Waals surface area contributed by atoms with Crippen molar-refractivity contribution in [2.24, 2.45) is 0 Å². The Morgan fingerprint density at radius 3 is 1.37 bits per heavy atom. The third kappa shape index (κ3) is 4.28. The van der Waals surface area contributed by atoms with Gasteiger partial charge in [0, 0.05) is 16.2 Å². The molecule has 2 spiro atoms. The summed E-state index contributed by atoms with van der Waals surface area (Å²) in [6.45, 7) is 0. The molecular formula is C64H38N4. The molecule has 0 atom stereocenters. The van der Waals surface area contributed by atoms with Gasteiger partial charge in [0.05, 0.1) is 38.4 Å². The second kappa shape index (κ2) is 12.9. The second-order valence-electron chi connectivity index (χ2n) is 18.8. The Morgan fingerprint density at radius 1 is 0.294 bits per heavy atom. The fourth-order valence-electron chi connectivity index (χ4n) is 13.3. The normalized spacial score (nSPS) is 14.4. The van der Waals surface area contributed by atoms with Crippen molar-refractivity contribution < 1.29 is 0 Å². The Kier molecular flexibility index (Phi) is 6.92. The monoisotopic (exact) mass is 862 g/mol. The van der Waals surface area contributed by atoms with Gasteiger partial charge in [-0.25, -0.2) is 9.97 Å². The molecule has 0 saturated carbocycles. The van der Waals surface area contributed by atoms with E-state index in [-0.39, 0.29) is 0 Å². The number of fused-ring (bicyclic) bond motifs is 24. The molecule has 0 N–H and O–H groups in total. The summed E-state index contributed by atoms with van der Waals surface area (Å²) < 4.78 is 4.61. The van der Waals surface area contributed by atoms with Crippen LogP contribution in [0.5, 0.6) is 0 Å². The van der Waals surface area contributed by atoms with Gasteiger partial charge in [0.1, 0.15) is 5.65 Å². The van der Waals surface area contributed by atoms with Crippen LogP contribution in [0.25, 0.3) is 88.7 Å². The number of aromatic nitrogens is 4. The molecule has 314 valence electrons. The summed E-state index contributed by atoms with van der Waals surface area (Å²) in [6, 6.07) is 85.8. The van der Waals surface area contributed by atoms with Crippen molar-refractivity contribution in [2.45, 2.75) is 10.8 Å². The van der Waals surface area contributed by atoms with Gasteiger partial charge < -0.3 is 0 Å². The van der Waals surface area contributed by atoms with E-state index in [1.807, 2.05) is 0 Å². The predicted octanol–water partition coefficient (Wildman–Crippen LogP) is 14.8. The first-order valence-electron chi connectivity index (χ1n) is 23.6. The Hall–Kier alpha value is -8.86. The SMILES string of the molecule is c1ccc2c(c1)-c1ccccc1C21c2ccccc2C2(c3ccccc3-c3ccc(-c4ccc5c6ccccc6n(-c6nc7ccccc7c7nc8ccccc8n67)c5c4)cc32)c2ccccc21. The summed E-state index contributed by atoms with van der Waals surface area (Å²) in [6.07, 6.45) is 0. The molecule has 13 aromatic rings. The van der Waals surface area contributed by atoms with E-state index in [4.69, 9.17) is 9.97 Å². The van der Waals surface area contributed by atoms with Crippen LogP contribution in [-0.4, -0.2) is 18.9 Å². The highest BCUT2D eigenvalue weighted by molar-refractivity contribution is 6.11. The minimum atomic E-state index is -0.574. The molecule has 10 aromatic carbocycles. The molecule has 16 rings (SSSR count). The topological polar surface area (TPSA) is 35.1 Å². The van der Waals surface area contributed by atoms with Gasteiger partial charge >= 0.3 is 0 Å². The third-order valence-electron chi connectivity index (χ3n) is 15.8. The van der Waals surface area contributed by atoms with Crippen molar-refractivity contribution in [3.8, 4) is 39.3 Å². The van der Waals surface area contributed by atoms with Gasteiger partial charge in [0.2, 0.25) is 5.95 Å². The van der Waals surface area contributed by atoms with Crippen LogP contribution < -0.4 is 0 Å². The van der Waals surface area contributed by atoms with E-state index < -0.39 is 10.8 Å². The lowest BCUT2D eigenvalue weighted by Gasteiger charge is -2.48. The third-order valence-corrected chi connectivity index (χ3v) is 15.8. The Morgan fingerprint density at radius 2 is 0.735 bits per heavy atom. The number of benzene rings is 10. The molecule has 4 nitrogen and oxygen atoms in total. The summed E-state index contributed by atoms with van der Waals surface area (Å²) in [7, 11) is 0. The number of hydrogen-bond acceptors (Lipinski definition) is 2. The van der Waals surface area contributed by atoms with Crippen LogP contribution >= 0.6 is 0 Å². The van der Waals surface area contributed by atoms with E-state index >= 15 is 0 Å². The van der Waals surface area contributed by atoms with E-state index in [0.717, 1.165) is 50.1 Å². The van der Waals surface area contributed by atoms with Gasteiger partial charge in [-0.2, -0.15) is 0 Å². The zero-order valence-corrected chi connectivity index (χ0v) is 36.7. The second-order valence-corrected chi connectivity index (χ2v) is 18.8. The van der Waals surface area contributed by atoms with Crippen LogP contribution in [-0.2, 0) is 10.8 Å². The van der Waals surface area contributed by atoms with E-state index in [0.29, 0.717) is 0 Å². The molecule has 0 fully saturated rings. The molecule has 3 aliphatic carbocycles. The van der Waals surface area contributed by atoms with Crippen LogP contribution in [0.3, 0.4) is 0 Å². The van der Waals surface area contributed by atoms with E-state index in [1.54, 1.807) is 0 Å². The largest absolute Gasteiger partial charge is 0.279 e. The predicted molar refractivity (Wildman–Crippen MR) is 276 cm³/mol. The Labute approximate surface area is 391 Å². The van der Waals surface area contributed by atoms with E-state index in [1.165, 1.54) is 83.1 Å². The highest BCUT2D eigenvalue weighted by Gasteiger charge is 2.58. The first-order chi connectivity index (χ1) is 33.7. The minimum absolute atomic E-state index is 0.484. The molecular weight excluding hydrogens is 825 g/mol. The van der Waals surface area contributed by atoms with Crippen LogP contribution in [0, 0.1) is 0 Å². The maximum Gasteiger partial charge on any atom is 0.221 e. The maximum absolute atomic E-state index is 5.49. The van der Waals surface area contributed by atoms with Gasteiger partial charge in [0.25, 0.3) is 0 Å². The number of nitrogens with zero attached hydrogens (tertiary/aromatic N) is 4. The summed E-state index contributed by atoms with van der Waals surface area (Å²) in [5.41, 5.74) is 23.1. The fraction of sp³-hybridized carbons (Fsp3) is 0.0312. The van der Waals surface area contributed by atoms with Gasteiger partial charge in [0.15, 0.2) is 0 Å². The van der Waals surface area contributed by atoms with Gasteiger partial charge in [-0.3, -0.25) is 8.97 Å². The van der Waals surface area contributed by atoms with Crippen molar-refractivity contribution >= 4 is 49.4 Å². The van der Waals surface area contributed by atoms with E-state index in [9.17, 15) is 0 Å². The lowest BCUT2D eigenvalue weighted by Crippen LogP contribution is -2.43. The number of rotatable bonds is 2. The number of para-hydroxylation sites is 4. The number of hydrogen-bond donors (Lipinski definition) is 0.